The van der Waals surface area contributed by atoms with Gasteiger partial charge in [-0.1, -0.05) is 12.1 Å². The van der Waals surface area contributed by atoms with Crippen LogP contribution in [0.5, 0.6) is 0 Å². The Kier molecular flexibility index (Phi) is 8.30. The molecule has 162 valence electrons. The third-order valence-electron chi connectivity index (χ3n) is 5.15. The molecule has 1 unspecified atom stereocenters. The van der Waals surface area contributed by atoms with Crippen LogP contribution >= 0.6 is 12.4 Å². The monoisotopic (exact) mass is 434 g/mol. The molecule has 3 rings (SSSR count). The second-order valence-corrected chi connectivity index (χ2v) is 7.26. The molecule has 2 heterocycles. The molecule has 2 fully saturated rings. The first-order valence-electron chi connectivity index (χ1n) is 9.47. The van der Waals surface area contributed by atoms with E-state index in [9.17, 15) is 22.8 Å². The van der Waals surface area contributed by atoms with Gasteiger partial charge >= 0.3 is 6.18 Å². The van der Waals surface area contributed by atoms with E-state index < -0.39 is 17.7 Å². The molecule has 0 radical (unpaired) electrons. The topological polar surface area (TPSA) is 64.7 Å². The number of alkyl halides is 3. The van der Waals surface area contributed by atoms with Gasteiger partial charge in [0.05, 0.1) is 11.5 Å². The van der Waals surface area contributed by atoms with Crippen LogP contribution in [0.3, 0.4) is 0 Å². The third-order valence-corrected chi connectivity index (χ3v) is 5.15. The van der Waals surface area contributed by atoms with Crippen LogP contribution in [0.2, 0.25) is 0 Å². The van der Waals surface area contributed by atoms with Crippen molar-refractivity contribution in [2.75, 3.05) is 45.8 Å². The number of nitrogens with zero attached hydrogens (tertiary/aromatic N) is 2. The second kappa shape index (κ2) is 10.3. The average Bonchev–Trinajstić information content (AvgIpc) is 3.03. The standard InChI is InChI=1S/C19H25F3N4O2.ClH/c20-19(21,22)16-3-1-2-14(10-16)12-26-13-15(11-17(26)27)18(28)24-6-9-25-7-4-23-5-8-25;/h1-3,10,15,23H,4-9,11-13H2,(H,24,28);1H. The van der Waals surface area contributed by atoms with E-state index in [1.54, 1.807) is 6.07 Å². The summed E-state index contributed by atoms with van der Waals surface area (Å²) in [6.45, 7) is 5.37. The number of carbonyl (C=O) groups is 2. The molecule has 2 saturated heterocycles. The highest BCUT2D eigenvalue weighted by molar-refractivity contribution is 5.89. The lowest BCUT2D eigenvalue weighted by molar-refractivity contribution is -0.137. The number of hydrogen-bond donors (Lipinski definition) is 2. The number of amides is 2. The summed E-state index contributed by atoms with van der Waals surface area (Å²) in [5, 5.41) is 6.14. The van der Waals surface area contributed by atoms with Crippen LogP contribution < -0.4 is 10.6 Å². The number of hydrogen-bond acceptors (Lipinski definition) is 4. The molecule has 0 saturated carbocycles. The number of likely N-dealkylation sites (tertiary alicyclic amines) is 1. The normalized spacial score (nSPS) is 20.4. The summed E-state index contributed by atoms with van der Waals surface area (Å²) in [6, 6.07) is 4.94. The summed E-state index contributed by atoms with van der Waals surface area (Å²) in [6.07, 6.45) is -4.32. The summed E-state index contributed by atoms with van der Waals surface area (Å²) in [4.78, 5) is 28.3. The van der Waals surface area contributed by atoms with Crippen molar-refractivity contribution in [2.45, 2.75) is 19.1 Å². The maximum Gasteiger partial charge on any atom is 0.416 e. The van der Waals surface area contributed by atoms with Gasteiger partial charge in [-0.05, 0) is 17.7 Å². The molecule has 10 heteroatoms. The number of piperazine rings is 1. The minimum Gasteiger partial charge on any atom is -0.355 e. The number of benzene rings is 1. The fraction of sp³-hybridized carbons (Fsp3) is 0.579. The van der Waals surface area contributed by atoms with Gasteiger partial charge in [-0.2, -0.15) is 13.2 Å². The van der Waals surface area contributed by atoms with Crippen LogP contribution in [0, 0.1) is 5.92 Å². The van der Waals surface area contributed by atoms with Gasteiger partial charge in [-0.15, -0.1) is 12.4 Å². The summed E-state index contributed by atoms with van der Waals surface area (Å²) in [5.41, 5.74) is -0.332. The zero-order valence-corrected chi connectivity index (χ0v) is 16.8. The molecule has 2 aliphatic heterocycles. The molecule has 2 amide bonds. The molecule has 29 heavy (non-hydrogen) atoms. The van der Waals surface area contributed by atoms with Crippen molar-refractivity contribution in [1.82, 2.24) is 20.4 Å². The highest BCUT2D eigenvalue weighted by atomic mass is 35.5. The summed E-state index contributed by atoms with van der Waals surface area (Å²) >= 11 is 0. The van der Waals surface area contributed by atoms with Gasteiger partial charge in [-0.3, -0.25) is 14.5 Å². The molecule has 1 atom stereocenters. The minimum absolute atomic E-state index is 0. The smallest absolute Gasteiger partial charge is 0.355 e. The molecule has 6 nitrogen and oxygen atoms in total. The molecule has 2 N–H and O–H groups in total. The van der Waals surface area contributed by atoms with Crippen molar-refractivity contribution in [2.24, 2.45) is 5.92 Å². The fourth-order valence-corrected chi connectivity index (χ4v) is 3.58. The lowest BCUT2D eigenvalue weighted by Gasteiger charge is -2.27. The molecule has 0 aliphatic carbocycles. The Morgan fingerprint density at radius 1 is 1.24 bits per heavy atom. The molecule has 1 aromatic carbocycles. The molecule has 0 bridgehead atoms. The molecular formula is C19H26ClF3N4O2. The van der Waals surface area contributed by atoms with E-state index in [1.165, 1.54) is 11.0 Å². The van der Waals surface area contributed by atoms with E-state index in [1.807, 2.05) is 0 Å². The highest BCUT2D eigenvalue weighted by Crippen LogP contribution is 2.30. The maximum absolute atomic E-state index is 12.8. The van der Waals surface area contributed by atoms with E-state index in [0.717, 1.165) is 44.9 Å². The predicted molar refractivity (Wildman–Crippen MR) is 105 cm³/mol. The Morgan fingerprint density at radius 2 is 1.97 bits per heavy atom. The number of rotatable bonds is 6. The largest absolute Gasteiger partial charge is 0.416 e. The van der Waals surface area contributed by atoms with Gasteiger partial charge < -0.3 is 15.5 Å². The van der Waals surface area contributed by atoms with Crippen LogP contribution in [0.25, 0.3) is 0 Å². The zero-order chi connectivity index (χ0) is 20.1. The van der Waals surface area contributed by atoms with E-state index in [0.29, 0.717) is 12.1 Å². The zero-order valence-electron chi connectivity index (χ0n) is 16.0. The number of halogens is 4. The van der Waals surface area contributed by atoms with Gasteiger partial charge in [0.1, 0.15) is 0 Å². The van der Waals surface area contributed by atoms with Crippen LogP contribution in [0.1, 0.15) is 17.5 Å². The fourth-order valence-electron chi connectivity index (χ4n) is 3.58. The number of carbonyl (C=O) groups excluding carboxylic acids is 2. The number of nitrogens with one attached hydrogen (secondary N) is 2. The van der Waals surface area contributed by atoms with Gasteiger partial charge in [0.15, 0.2) is 0 Å². The third kappa shape index (κ3) is 6.58. The Labute approximate surface area is 174 Å². The van der Waals surface area contributed by atoms with Gasteiger partial charge in [0.25, 0.3) is 0 Å². The Hall–Kier alpha value is -1.84. The van der Waals surface area contributed by atoms with Crippen LogP contribution in [0.4, 0.5) is 13.2 Å². The van der Waals surface area contributed by atoms with E-state index in [4.69, 9.17) is 0 Å². The Balaban J connectivity index is 0.00000300. The van der Waals surface area contributed by atoms with Gasteiger partial charge in [0.2, 0.25) is 11.8 Å². The highest BCUT2D eigenvalue weighted by Gasteiger charge is 2.35. The van der Waals surface area contributed by atoms with Crippen LogP contribution in [-0.2, 0) is 22.3 Å². The Morgan fingerprint density at radius 3 is 2.66 bits per heavy atom. The van der Waals surface area contributed by atoms with E-state index >= 15 is 0 Å². The van der Waals surface area contributed by atoms with Crippen molar-refractivity contribution in [1.29, 1.82) is 0 Å². The van der Waals surface area contributed by atoms with Crippen molar-refractivity contribution in [3.05, 3.63) is 35.4 Å². The maximum atomic E-state index is 12.8. The van der Waals surface area contributed by atoms with Crippen molar-refractivity contribution in [3.63, 3.8) is 0 Å². The lowest BCUT2D eigenvalue weighted by Crippen LogP contribution is -2.46. The predicted octanol–water partition coefficient (Wildman–Crippen LogP) is 1.50. The van der Waals surface area contributed by atoms with E-state index in [-0.39, 0.29) is 43.7 Å². The van der Waals surface area contributed by atoms with E-state index in [2.05, 4.69) is 15.5 Å². The van der Waals surface area contributed by atoms with Crippen molar-refractivity contribution in [3.8, 4) is 0 Å². The molecule has 2 aliphatic rings. The SMILES string of the molecule is Cl.O=C(NCCN1CCNCC1)C1CC(=O)N(Cc2cccc(C(F)(F)F)c2)C1. The Bertz CT molecular complexity index is 711. The quantitative estimate of drug-likeness (QED) is 0.712. The summed E-state index contributed by atoms with van der Waals surface area (Å²) in [7, 11) is 0. The molecule has 0 aromatic heterocycles. The van der Waals surface area contributed by atoms with Crippen LogP contribution in [0.15, 0.2) is 24.3 Å². The first-order valence-corrected chi connectivity index (χ1v) is 9.47. The summed E-state index contributed by atoms with van der Waals surface area (Å²) in [5.74, 6) is -0.837. The van der Waals surface area contributed by atoms with Gasteiger partial charge in [0, 0.05) is 58.8 Å². The second-order valence-electron chi connectivity index (χ2n) is 7.26. The first kappa shape index (κ1) is 23.4. The van der Waals surface area contributed by atoms with Crippen LogP contribution in [-0.4, -0.2) is 67.4 Å². The van der Waals surface area contributed by atoms with Gasteiger partial charge in [-0.25, -0.2) is 0 Å². The first-order chi connectivity index (χ1) is 13.3. The summed E-state index contributed by atoms with van der Waals surface area (Å²) < 4.78 is 38.5. The molecule has 1 aromatic rings. The van der Waals surface area contributed by atoms with Crippen molar-refractivity contribution >= 4 is 24.2 Å². The lowest BCUT2D eigenvalue weighted by atomic mass is 10.1. The average molecular weight is 435 g/mol. The molecular weight excluding hydrogens is 409 g/mol. The van der Waals surface area contributed by atoms with Crippen molar-refractivity contribution < 1.29 is 22.8 Å². The minimum atomic E-state index is -4.42. The molecule has 0 spiro atoms.